The number of carboxylic acid groups (broad SMARTS) is 1. The number of hydrogen-bond donors (Lipinski definition) is 2. The van der Waals surface area contributed by atoms with E-state index in [0.29, 0.717) is 18.1 Å². The molecule has 27 heavy (non-hydrogen) atoms. The molecule has 0 aliphatic heterocycles. The van der Waals surface area contributed by atoms with Gasteiger partial charge in [-0.15, -0.1) is 11.8 Å². The Hall–Kier alpha value is -2.64. The highest BCUT2D eigenvalue weighted by Gasteiger charge is 2.16. The molecular formula is C20H21N3O3S. The molecule has 0 amide bonds. The molecule has 0 radical (unpaired) electrons. The summed E-state index contributed by atoms with van der Waals surface area (Å²) >= 11 is 1.78. The second kappa shape index (κ2) is 8.83. The minimum atomic E-state index is -0.868. The minimum absolute atomic E-state index is 0.408. The van der Waals surface area contributed by atoms with E-state index < -0.39 is 12.0 Å². The standard InChI is InChI=1S/C20H21N3O3S/c1-3-27-16-10-8-15(9-11-16)19-22-18(23-26-19)14-6-4-13(5-7-14)12-17(21-2)20(24)25/h4-11,17,21H,3,12H2,1-2H3,(H,24,25). The van der Waals surface area contributed by atoms with Gasteiger partial charge in [0.1, 0.15) is 6.04 Å². The summed E-state index contributed by atoms with van der Waals surface area (Å²) in [6.07, 6.45) is 0.408. The molecule has 0 saturated heterocycles. The Morgan fingerprint density at radius 1 is 1.15 bits per heavy atom. The number of benzene rings is 2. The van der Waals surface area contributed by atoms with E-state index in [0.717, 1.165) is 22.4 Å². The Labute approximate surface area is 162 Å². The first-order chi connectivity index (χ1) is 13.1. The van der Waals surface area contributed by atoms with Crippen LogP contribution >= 0.6 is 11.8 Å². The Kier molecular flexibility index (Phi) is 6.26. The number of likely N-dealkylation sites (N-methyl/N-ethyl adjacent to an activating group) is 1. The van der Waals surface area contributed by atoms with Gasteiger partial charge in [-0.2, -0.15) is 4.98 Å². The molecule has 140 valence electrons. The Morgan fingerprint density at radius 2 is 1.81 bits per heavy atom. The van der Waals surface area contributed by atoms with E-state index in [2.05, 4.69) is 22.4 Å². The molecule has 0 fully saturated rings. The monoisotopic (exact) mass is 383 g/mol. The fourth-order valence-corrected chi connectivity index (χ4v) is 3.32. The van der Waals surface area contributed by atoms with Gasteiger partial charge in [-0.05, 0) is 49.1 Å². The first kappa shape index (κ1) is 19.1. The molecule has 3 rings (SSSR count). The Bertz CT molecular complexity index is 892. The molecule has 1 unspecified atom stereocenters. The first-order valence-electron chi connectivity index (χ1n) is 8.67. The van der Waals surface area contributed by atoms with Crippen LogP contribution in [0.1, 0.15) is 12.5 Å². The third-order valence-corrected chi connectivity index (χ3v) is 5.03. The molecule has 6 nitrogen and oxygen atoms in total. The van der Waals surface area contributed by atoms with Crippen molar-refractivity contribution >= 4 is 17.7 Å². The molecular weight excluding hydrogens is 362 g/mol. The molecule has 1 atom stereocenters. The lowest BCUT2D eigenvalue weighted by molar-refractivity contribution is -0.139. The van der Waals surface area contributed by atoms with Gasteiger partial charge < -0.3 is 14.9 Å². The summed E-state index contributed by atoms with van der Waals surface area (Å²) < 4.78 is 5.39. The molecule has 0 bridgehead atoms. The normalized spacial score (nSPS) is 12.1. The van der Waals surface area contributed by atoms with Gasteiger partial charge in [0.15, 0.2) is 0 Å². The summed E-state index contributed by atoms with van der Waals surface area (Å²) in [5.74, 6) is 1.14. The lowest BCUT2D eigenvalue weighted by Crippen LogP contribution is -2.35. The van der Waals surface area contributed by atoms with Gasteiger partial charge >= 0.3 is 5.97 Å². The fourth-order valence-electron chi connectivity index (χ4n) is 2.66. The Morgan fingerprint density at radius 3 is 2.41 bits per heavy atom. The largest absolute Gasteiger partial charge is 0.480 e. The van der Waals surface area contributed by atoms with Crippen molar-refractivity contribution < 1.29 is 14.4 Å². The van der Waals surface area contributed by atoms with Crippen LogP contribution in [0.15, 0.2) is 57.9 Å². The van der Waals surface area contributed by atoms with Crippen molar-refractivity contribution in [2.75, 3.05) is 12.8 Å². The highest BCUT2D eigenvalue weighted by atomic mass is 32.2. The molecule has 2 aromatic carbocycles. The van der Waals surface area contributed by atoms with Crippen molar-refractivity contribution in [1.82, 2.24) is 15.5 Å². The van der Waals surface area contributed by atoms with E-state index in [9.17, 15) is 4.79 Å². The van der Waals surface area contributed by atoms with Crippen LogP contribution in [0.5, 0.6) is 0 Å². The van der Waals surface area contributed by atoms with Gasteiger partial charge in [0.25, 0.3) is 5.89 Å². The summed E-state index contributed by atoms with van der Waals surface area (Å²) in [6.45, 7) is 2.12. The number of carbonyl (C=O) groups is 1. The van der Waals surface area contributed by atoms with Gasteiger partial charge in [-0.1, -0.05) is 36.3 Å². The van der Waals surface area contributed by atoms with E-state index >= 15 is 0 Å². The number of nitrogens with zero attached hydrogens (tertiary/aromatic N) is 2. The SMILES string of the molecule is CCSc1ccc(-c2nc(-c3ccc(CC(NC)C(=O)O)cc3)no2)cc1. The fraction of sp³-hybridized carbons (Fsp3) is 0.250. The predicted molar refractivity (Wildman–Crippen MR) is 106 cm³/mol. The predicted octanol–water partition coefficient (Wildman–Crippen LogP) is 3.73. The smallest absolute Gasteiger partial charge is 0.321 e. The third kappa shape index (κ3) is 4.75. The van der Waals surface area contributed by atoms with Crippen molar-refractivity contribution in [1.29, 1.82) is 0 Å². The van der Waals surface area contributed by atoms with Crippen LogP contribution in [-0.2, 0) is 11.2 Å². The minimum Gasteiger partial charge on any atom is -0.480 e. The zero-order chi connectivity index (χ0) is 19.2. The second-order valence-corrected chi connectivity index (χ2v) is 7.30. The maximum atomic E-state index is 11.1. The average Bonchev–Trinajstić information content (AvgIpc) is 3.17. The number of aliphatic carboxylic acids is 1. The van der Waals surface area contributed by atoms with Crippen molar-refractivity contribution in [2.24, 2.45) is 0 Å². The van der Waals surface area contributed by atoms with E-state index in [-0.39, 0.29) is 0 Å². The number of rotatable bonds is 8. The van der Waals surface area contributed by atoms with Crippen LogP contribution in [0.3, 0.4) is 0 Å². The lowest BCUT2D eigenvalue weighted by atomic mass is 10.0. The number of hydrogen-bond acceptors (Lipinski definition) is 6. The van der Waals surface area contributed by atoms with Crippen LogP contribution in [0.25, 0.3) is 22.8 Å². The zero-order valence-corrected chi connectivity index (χ0v) is 16.0. The maximum Gasteiger partial charge on any atom is 0.321 e. The van der Waals surface area contributed by atoms with E-state index in [4.69, 9.17) is 9.63 Å². The van der Waals surface area contributed by atoms with Gasteiger partial charge in [-0.3, -0.25) is 4.79 Å². The number of aromatic nitrogens is 2. The molecule has 1 aromatic heterocycles. The molecule has 0 aliphatic carbocycles. The van der Waals surface area contributed by atoms with Gasteiger partial charge in [-0.25, -0.2) is 0 Å². The zero-order valence-electron chi connectivity index (χ0n) is 15.2. The van der Waals surface area contributed by atoms with Crippen molar-refractivity contribution in [3.63, 3.8) is 0 Å². The molecule has 1 heterocycles. The van der Waals surface area contributed by atoms with Crippen molar-refractivity contribution in [3.8, 4) is 22.8 Å². The topological polar surface area (TPSA) is 88.2 Å². The summed E-state index contributed by atoms with van der Waals surface area (Å²) in [5, 5.41) is 16.0. The highest BCUT2D eigenvalue weighted by molar-refractivity contribution is 7.99. The number of thioether (sulfide) groups is 1. The summed E-state index contributed by atoms with van der Waals surface area (Å²) in [6, 6.07) is 14.9. The van der Waals surface area contributed by atoms with Gasteiger partial charge in [0, 0.05) is 16.0 Å². The van der Waals surface area contributed by atoms with E-state index in [1.165, 1.54) is 4.90 Å². The quantitative estimate of drug-likeness (QED) is 0.573. The number of nitrogens with one attached hydrogen (secondary N) is 1. The molecule has 0 saturated carbocycles. The van der Waals surface area contributed by atoms with Crippen LogP contribution in [0, 0.1) is 0 Å². The molecule has 0 aliphatic rings. The molecule has 7 heteroatoms. The van der Waals surface area contributed by atoms with Crippen LogP contribution < -0.4 is 5.32 Å². The summed E-state index contributed by atoms with van der Waals surface area (Å²) in [5.41, 5.74) is 2.63. The van der Waals surface area contributed by atoms with Crippen molar-refractivity contribution in [3.05, 3.63) is 54.1 Å². The van der Waals surface area contributed by atoms with Crippen LogP contribution in [0.4, 0.5) is 0 Å². The van der Waals surface area contributed by atoms with Gasteiger partial charge in [0.05, 0.1) is 0 Å². The average molecular weight is 383 g/mol. The summed E-state index contributed by atoms with van der Waals surface area (Å²) in [7, 11) is 1.64. The maximum absolute atomic E-state index is 11.1. The van der Waals surface area contributed by atoms with Gasteiger partial charge in [0.2, 0.25) is 5.82 Å². The third-order valence-electron chi connectivity index (χ3n) is 4.14. The molecule has 2 N–H and O–H groups in total. The Balaban J connectivity index is 1.73. The van der Waals surface area contributed by atoms with Crippen LogP contribution in [-0.4, -0.2) is 40.1 Å². The molecule has 3 aromatic rings. The second-order valence-electron chi connectivity index (χ2n) is 5.96. The van der Waals surface area contributed by atoms with Crippen LogP contribution in [0.2, 0.25) is 0 Å². The van der Waals surface area contributed by atoms with Crippen molar-refractivity contribution in [2.45, 2.75) is 24.3 Å². The lowest BCUT2D eigenvalue weighted by Gasteiger charge is -2.10. The van der Waals surface area contributed by atoms with E-state index in [1.807, 2.05) is 48.5 Å². The van der Waals surface area contributed by atoms with E-state index in [1.54, 1.807) is 18.8 Å². The molecule has 0 spiro atoms. The first-order valence-corrected chi connectivity index (χ1v) is 9.65. The number of carboxylic acids is 1. The summed E-state index contributed by atoms with van der Waals surface area (Å²) in [4.78, 5) is 16.8. The highest BCUT2D eigenvalue weighted by Crippen LogP contribution is 2.25.